The van der Waals surface area contributed by atoms with E-state index < -0.39 is 0 Å². The molecule has 0 saturated carbocycles. The zero-order chi connectivity index (χ0) is 16.4. The summed E-state index contributed by atoms with van der Waals surface area (Å²) in [6, 6.07) is 7.71. The summed E-state index contributed by atoms with van der Waals surface area (Å²) < 4.78 is 1.89. The lowest BCUT2D eigenvalue weighted by molar-refractivity contribution is 0.383. The molecule has 1 aromatic heterocycles. The Kier molecular flexibility index (Phi) is 4.63. The first-order valence-electron chi connectivity index (χ1n) is 8.00. The first-order valence-corrected chi connectivity index (χ1v) is 8.41. The molecule has 5 nitrogen and oxygen atoms in total. The molecule has 0 spiro atoms. The second-order valence-electron chi connectivity index (χ2n) is 5.84. The van der Waals surface area contributed by atoms with Crippen LogP contribution in [0.5, 0.6) is 5.88 Å². The van der Waals surface area contributed by atoms with Gasteiger partial charge in [0.15, 0.2) is 4.77 Å². The molecule has 6 heteroatoms. The van der Waals surface area contributed by atoms with E-state index in [1.54, 1.807) is 4.57 Å². The normalized spacial score (nSPS) is 17.0. The second kappa shape index (κ2) is 6.68. The first-order chi connectivity index (χ1) is 11.1. The van der Waals surface area contributed by atoms with Gasteiger partial charge in [0.25, 0.3) is 5.56 Å². The fraction of sp³-hybridized carbons (Fsp3) is 0.412. The number of fused-ring (bicyclic) bond motifs is 1. The number of hydrogen-bond donors (Lipinski definition) is 3. The van der Waals surface area contributed by atoms with Gasteiger partial charge in [-0.1, -0.05) is 37.6 Å². The van der Waals surface area contributed by atoms with Gasteiger partial charge in [-0.3, -0.25) is 14.3 Å². The third-order valence-corrected chi connectivity index (χ3v) is 4.66. The molecule has 1 aliphatic heterocycles. The van der Waals surface area contributed by atoms with Crippen molar-refractivity contribution in [2.24, 2.45) is 0 Å². The molecule has 2 heterocycles. The van der Waals surface area contributed by atoms with E-state index in [1.165, 1.54) is 5.56 Å². The van der Waals surface area contributed by atoms with Gasteiger partial charge in [-0.15, -0.1) is 0 Å². The summed E-state index contributed by atoms with van der Waals surface area (Å²) in [6.07, 6.45) is 2.79. The van der Waals surface area contributed by atoms with Crippen molar-refractivity contribution in [1.82, 2.24) is 14.9 Å². The molecule has 23 heavy (non-hydrogen) atoms. The van der Waals surface area contributed by atoms with Crippen molar-refractivity contribution in [2.75, 3.05) is 6.54 Å². The summed E-state index contributed by atoms with van der Waals surface area (Å²) in [5, 5.41) is 14.0. The third kappa shape index (κ3) is 2.96. The zero-order valence-electron chi connectivity index (χ0n) is 13.1. The van der Waals surface area contributed by atoms with Crippen LogP contribution >= 0.6 is 12.2 Å². The maximum Gasteiger partial charge on any atom is 0.260 e. The van der Waals surface area contributed by atoms with Crippen LogP contribution in [0.4, 0.5) is 0 Å². The number of aromatic amines is 1. The second-order valence-corrected chi connectivity index (χ2v) is 6.22. The van der Waals surface area contributed by atoms with Crippen LogP contribution in [0.25, 0.3) is 0 Å². The van der Waals surface area contributed by atoms with Crippen LogP contribution < -0.4 is 10.9 Å². The van der Waals surface area contributed by atoms with E-state index in [4.69, 9.17) is 12.2 Å². The van der Waals surface area contributed by atoms with Crippen molar-refractivity contribution in [1.29, 1.82) is 0 Å². The minimum atomic E-state index is -0.325. The molecule has 0 radical (unpaired) electrons. The van der Waals surface area contributed by atoms with Gasteiger partial charge in [-0.25, -0.2) is 0 Å². The predicted molar refractivity (Wildman–Crippen MR) is 92.5 cm³/mol. The Morgan fingerprint density at radius 3 is 2.96 bits per heavy atom. The van der Waals surface area contributed by atoms with Crippen LogP contribution in [0.1, 0.15) is 42.5 Å². The standard InChI is InChI=1S/C17H21N3O2S/c1-2-3-10-20-16(22)13(15(21)19-17(20)23)14-12-7-5-4-6-11(12)8-9-18-14/h4-7,14,18,22H,2-3,8-10H2,1H3,(H,19,21,23). The number of hydrogen-bond acceptors (Lipinski definition) is 4. The maximum absolute atomic E-state index is 12.5. The van der Waals surface area contributed by atoms with Crippen LogP contribution in [-0.4, -0.2) is 21.2 Å². The van der Waals surface area contributed by atoms with Gasteiger partial charge in [0.1, 0.15) is 0 Å². The topological polar surface area (TPSA) is 70.0 Å². The molecule has 1 aliphatic rings. The molecule has 0 aliphatic carbocycles. The summed E-state index contributed by atoms with van der Waals surface area (Å²) in [4.78, 5) is 15.2. The van der Waals surface area contributed by atoms with E-state index in [0.717, 1.165) is 31.4 Å². The maximum atomic E-state index is 12.5. The average molecular weight is 331 g/mol. The van der Waals surface area contributed by atoms with E-state index in [-0.39, 0.29) is 22.3 Å². The number of H-pyrrole nitrogens is 1. The summed E-state index contributed by atoms with van der Waals surface area (Å²) in [5.74, 6) is -0.0265. The smallest absolute Gasteiger partial charge is 0.260 e. The quantitative estimate of drug-likeness (QED) is 0.753. The lowest BCUT2D eigenvalue weighted by Gasteiger charge is -2.27. The highest BCUT2D eigenvalue weighted by atomic mass is 32.1. The van der Waals surface area contributed by atoms with Gasteiger partial charge >= 0.3 is 0 Å². The Morgan fingerprint density at radius 2 is 2.17 bits per heavy atom. The molecule has 0 fully saturated rings. The number of nitrogens with zero attached hydrogens (tertiary/aromatic N) is 1. The van der Waals surface area contributed by atoms with Crippen molar-refractivity contribution >= 4 is 12.2 Å². The van der Waals surface area contributed by atoms with Crippen LogP contribution in [0.2, 0.25) is 0 Å². The lowest BCUT2D eigenvalue weighted by atomic mass is 9.91. The highest BCUT2D eigenvalue weighted by Crippen LogP contribution is 2.31. The Balaban J connectivity index is 2.14. The van der Waals surface area contributed by atoms with Crippen LogP contribution in [-0.2, 0) is 13.0 Å². The molecule has 1 atom stereocenters. The summed E-state index contributed by atoms with van der Waals surface area (Å²) in [5.41, 5.74) is 2.27. The number of unbranched alkanes of at least 4 members (excludes halogenated alkanes) is 1. The number of aromatic hydroxyl groups is 1. The fourth-order valence-corrected chi connectivity index (χ4v) is 3.39. The van der Waals surface area contributed by atoms with Crippen molar-refractivity contribution in [3.05, 3.63) is 56.1 Å². The zero-order valence-corrected chi connectivity index (χ0v) is 13.9. The van der Waals surface area contributed by atoms with E-state index in [1.807, 2.05) is 18.2 Å². The molecular weight excluding hydrogens is 310 g/mol. The Hall–Kier alpha value is -1.92. The Morgan fingerprint density at radius 1 is 1.39 bits per heavy atom. The van der Waals surface area contributed by atoms with Crippen molar-refractivity contribution in [3.8, 4) is 5.88 Å². The van der Waals surface area contributed by atoms with Crippen LogP contribution in [0.3, 0.4) is 0 Å². The van der Waals surface area contributed by atoms with Gasteiger partial charge in [0.05, 0.1) is 11.6 Å². The van der Waals surface area contributed by atoms with Crippen molar-refractivity contribution in [3.63, 3.8) is 0 Å². The predicted octanol–water partition coefficient (Wildman–Crippen LogP) is 2.65. The molecular formula is C17H21N3O2S. The fourth-order valence-electron chi connectivity index (χ4n) is 3.12. The van der Waals surface area contributed by atoms with Crippen LogP contribution in [0, 0.1) is 4.77 Å². The lowest BCUT2D eigenvalue weighted by Crippen LogP contribution is -2.35. The number of aromatic nitrogens is 2. The average Bonchev–Trinajstić information content (AvgIpc) is 2.54. The minimum absolute atomic E-state index is 0.0265. The van der Waals surface area contributed by atoms with Gasteiger partial charge in [-0.2, -0.15) is 0 Å². The van der Waals surface area contributed by atoms with Crippen LogP contribution in [0.15, 0.2) is 29.1 Å². The molecule has 3 N–H and O–H groups in total. The van der Waals surface area contributed by atoms with E-state index in [9.17, 15) is 9.90 Å². The van der Waals surface area contributed by atoms with Gasteiger partial charge < -0.3 is 10.4 Å². The SMILES string of the molecule is CCCCn1c(O)c(C2NCCc3ccccc32)c(=O)[nH]c1=S. The highest BCUT2D eigenvalue weighted by molar-refractivity contribution is 7.71. The van der Waals surface area contributed by atoms with E-state index in [2.05, 4.69) is 23.3 Å². The van der Waals surface area contributed by atoms with Crippen molar-refractivity contribution in [2.45, 2.75) is 38.8 Å². The third-order valence-electron chi connectivity index (χ3n) is 4.34. The molecule has 1 aromatic carbocycles. The Labute approximate surface area is 140 Å². The van der Waals surface area contributed by atoms with E-state index >= 15 is 0 Å². The number of nitrogens with one attached hydrogen (secondary N) is 2. The van der Waals surface area contributed by atoms with Gasteiger partial charge in [-0.05, 0) is 36.2 Å². The monoisotopic (exact) mass is 331 g/mol. The van der Waals surface area contributed by atoms with E-state index in [0.29, 0.717) is 12.1 Å². The molecule has 0 bridgehead atoms. The Bertz CT molecular complexity index is 825. The number of benzene rings is 1. The number of rotatable bonds is 4. The summed E-state index contributed by atoms with van der Waals surface area (Å²) in [7, 11) is 0. The largest absolute Gasteiger partial charge is 0.494 e. The molecule has 122 valence electrons. The van der Waals surface area contributed by atoms with Gasteiger partial charge in [0, 0.05) is 13.1 Å². The van der Waals surface area contributed by atoms with Crippen molar-refractivity contribution < 1.29 is 5.11 Å². The summed E-state index contributed by atoms with van der Waals surface area (Å²) in [6.45, 7) is 3.44. The van der Waals surface area contributed by atoms with Gasteiger partial charge in [0.2, 0.25) is 5.88 Å². The molecule has 0 amide bonds. The first kappa shape index (κ1) is 16.0. The minimum Gasteiger partial charge on any atom is -0.494 e. The molecule has 3 rings (SSSR count). The highest BCUT2D eigenvalue weighted by Gasteiger charge is 2.27. The molecule has 1 unspecified atom stereocenters. The molecule has 2 aromatic rings. The summed E-state index contributed by atoms with van der Waals surface area (Å²) >= 11 is 5.21. The molecule has 0 saturated heterocycles.